The van der Waals surface area contributed by atoms with E-state index in [9.17, 15) is 9.59 Å². The second-order valence-corrected chi connectivity index (χ2v) is 6.53. The Bertz CT molecular complexity index is 676. The summed E-state index contributed by atoms with van der Waals surface area (Å²) < 4.78 is 5.62. The van der Waals surface area contributed by atoms with Crippen molar-refractivity contribution < 1.29 is 14.3 Å². The van der Waals surface area contributed by atoms with Gasteiger partial charge in [-0.25, -0.2) is 4.79 Å². The summed E-state index contributed by atoms with van der Waals surface area (Å²) in [6.45, 7) is 0. The van der Waals surface area contributed by atoms with E-state index >= 15 is 0 Å². The third-order valence-corrected chi connectivity index (χ3v) is 4.16. The highest BCUT2D eigenvalue weighted by molar-refractivity contribution is 9.11. The molecule has 0 atom stereocenters. The van der Waals surface area contributed by atoms with Gasteiger partial charge in [0.15, 0.2) is 0 Å². The van der Waals surface area contributed by atoms with Gasteiger partial charge in [-0.2, -0.15) is 0 Å². The van der Waals surface area contributed by atoms with E-state index in [0.29, 0.717) is 11.3 Å². The second kappa shape index (κ2) is 7.19. The van der Waals surface area contributed by atoms with Crippen LogP contribution in [0.2, 0.25) is 0 Å². The maximum Gasteiger partial charge on any atom is 0.337 e. The molecule has 0 aliphatic heterocycles. The summed E-state index contributed by atoms with van der Waals surface area (Å²) in [4.78, 5) is 24.0. The van der Waals surface area contributed by atoms with Crippen molar-refractivity contribution in [2.24, 2.45) is 0 Å². The molecule has 0 aliphatic rings. The Morgan fingerprint density at radius 2 is 1.90 bits per heavy atom. The van der Waals surface area contributed by atoms with Crippen molar-refractivity contribution in [3.8, 4) is 0 Å². The maximum atomic E-state index is 11.8. The number of rotatable bonds is 4. The first kappa shape index (κ1) is 15.5. The topological polar surface area (TPSA) is 55.4 Å². The van der Waals surface area contributed by atoms with Gasteiger partial charge in [-0.3, -0.25) is 4.79 Å². The standard InChI is InChI=1S/C15H12BrNO3S/c1-20-15(19)10-2-4-11(5-3-10)17-14(18)9-7-12-6-8-13(16)21-12/h2-9H,1H3,(H,17,18)/b9-7+. The number of thiophene rings is 1. The zero-order valence-electron chi connectivity index (χ0n) is 11.1. The number of amides is 1. The monoisotopic (exact) mass is 365 g/mol. The van der Waals surface area contributed by atoms with Crippen molar-refractivity contribution in [2.75, 3.05) is 12.4 Å². The molecule has 6 heteroatoms. The highest BCUT2D eigenvalue weighted by atomic mass is 79.9. The lowest BCUT2D eigenvalue weighted by Crippen LogP contribution is -2.08. The number of ether oxygens (including phenoxy) is 1. The van der Waals surface area contributed by atoms with Crippen LogP contribution in [0.4, 0.5) is 5.69 Å². The number of hydrogen-bond donors (Lipinski definition) is 1. The van der Waals surface area contributed by atoms with Crippen LogP contribution in [0.25, 0.3) is 6.08 Å². The molecule has 0 aliphatic carbocycles. The van der Waals surface area contributed by atoms with Crippen LogP contribution in [-0.4, -0.2) is 19.0 Å². The summed E-state index contributed by atoms with van der Waals surface area (Å²) in [7, 11) is 1.33. The average Bonchev–Trinajstić information content (AvgIpc) is 2.91. The lowest BCUT2D eigenvalue weighted by Gasteiger charge is -2.03. The van der Waals surface area contributed by atoms with Crippen LogP contribution in [-0.2, 0) is 9.53 Å². The zero-order chi connectivity index (χ0) is 15.2. The van der Waals surface area contributed by atoms with E-state index < -0.39 is 5.97 Å². The molecule has 21 heavy (non-hydrogen) atoms. The Kier molecular flexibility index (Phi) is 5.30. The minimum absolute atomic E-state index is 0.231. The number of anilines is 1. The summed E-state index contributed by atoms with van der Waals surface area (Å²) >= 11 is 4.91. The smallest absolute Gasteiger partial charge is 0.337 e. The summed E-state index contributed by atoms with van der Waals surface area (Å²) in [5, 5.41) is 2.72. The van der Waals surface area contributed by atoms with Gasteiger partial charge in [-0.15, -0.1) is 11.3 Å². The molecule has 0 saturated carbocycles. The molecular formula is C15H12BrNO3S. The molecule has 0 saturated heterocycles. The number of carbonyl (C=O) groups excluding carboxylic acids is 2. The van der Waals surface area contributed by atoms with Gasteiger partial charge in [0.1, 0.15) is 0 Å². The third kappa shape index (κ3) is 4.54. The highest BCUT2D eigenvalue weighted by Crippen LogP contribution is 2.23. The molecule has 0 bridgehead atoms. The lowest BCUT2D eigenvalue weighted by atomic mass is 10.2. The van der Waals surface area contributed by atoms with Gasteiger partial charge < -0.3 is 10.1 Å². The van der Waals surface area contributed by atoms with Gasteiger partial charge in [-0.1, -0.05) is 0 Å². The number of halogens is 1. The van der Waals surface area contributed by atoms with Gasteiger partial charge >= 0.3 is 5.97 Å². The molecule has 4 nitrogen and oxygen atoms in total. The Labute approximate surface area is 134 Å². The van der Waals surface area contributed by atoms with Crippen LogP contribution in [0.3, 0.4) is 0 Å². The van der Waals surface area contributed by atoms with Crippen LogP contribution >= 0.6 is 27.3 Å². The van der Waals surface area contributed by atoms with Gasteiger partial charge in [0.2, 0.25) is 5.91 Å². The Morgan fingerprint density at radius 1 is 1.19 bits per heavy atom. The van der Waals surface area contributed by atoms with Crippen LogP contribution < -0.4 is 5.32 Å². The van der Waals surface area contributed by atoms with Crippen molar-refractivity contribution in [1.82, 2.24) is 0 Å². The van der Waals surface area contributed by atoms with E-state index in [1.807, 2.05) is 12.1 Å². The molecule has 0 unspecified atom stereocenters. The predicted molar refractivity (Wildman–Crippen MR) is 87.5 cm³/mol. The number of methoxy groups -OCH3 is 1. The average molecular weight is 366 g/mol. The SMILES string of the molecule is COC(=O)c1ccc(NC(=O)/C=C/c2ccc(Br)s2)cc1. The van der Waals surface area contributed by atoms with E-state index in [-0.39, 0.29) is 5.91 Å². The molecule has 0 spiro atoms. The number of nitrogens with one attached hydrogen (secondary N) is 1. The molecule has 1 aromatic heterocycles. The number of esters is 1. The Hall–Kier alpha value is -1.92. The van der Waals surface area contributed by atoms with E-state index in [1.165, 1.54) is 13.2 Å². The fourth-order valence-electron chi connectivity index (χ4n) is 1.57. The molecule has 1 heterocycles. The number of carbonyl (C=O) groups is 2. The van der Waals surface area contributed by atoms with E-state index in [2.05, 4.69) is 26.0 Å². The Balaban J connectivity index is 1.96. The second-order valence-electron chi connectivity index (χ2n) is 4.03. The normalized spacial score (nSPS) is 10.6. The van der Waals surface area contributed by atoms with Gasteiger partial charge in [0, 0.05) is 16.6 Å². The number of benzene rings is 1. The summed E-state index contributed by atoms with van der Waals surface area (Å²) in [6.07, 6.45) is 3.21. The van der Waals surface area contributed by atoms with Crippen LogP contribution in [0.5, 0.6) is 0 Å². The first-order valence-electron chi connectivity index (χ1n) is 6.01. The Morgan fingerprint density at radius 3 is 2.48 bits per heavy atom. The van der Waals surface area contributed by atoms with Gasteiger partial charge in [0.25, 0.3) is 0 Å². The van der Waals surface area contributed by atoms with E-state index in [1.54, 1.807) is 41.7 Å². The number of hydrogen-bond acceptors (Lipinski definition) is 4. The molecule has 2 aromatic rings. The third-order valence-electron chi connectivity index (χ3n) is 2.57. The maximum absolute atomic E-state index is 11.8. The van der Waals surface area contributed by atoms with Crippen LogP contribution in [0.15, 0.2) is 46.3 Å². The quantitative estimate of drug-likeness (QED) is 0.659. The largest absolute Gasteiger partial charge is 0.465 e. The fourth-order valence-corrected chi connectivity index (χ4v) is 2.89. The van der Waals surface area contributed by atoms with Crippen LogP contribution in [0, 0.1) is 0 Å². The zero-order valence-corrected chi connectivity index (χ0v) is 13.5. The molecule has 1 amide bonds. The van der Waals surface area contributed by atoms with Gasteiger partial charge in [0.05, 0.1) is 16.5 Å². The minimum Gasteiger partial charge on any atom is -0.465 e. The minimum atomic E-state index is -0.406. The molecule has 2 rings (SSSR count). The predicted octanol–water partition coefficient (Wildman–Crippen LogP) is 3.95. The molecular weight excluding hydrogens is 354 g/mol. The molecule has 1 aromatic carbocycles. The first-order valence-corrected chi connectivity index (χ1v) is 7.62. The summed E-state index contributed by atoms with van der Waals surface area (Å²) in [6, 6.07) is 10.3. The van der Waals surface area contributed by atoms with Crippen LogP contribution in [0.1, 0.15) is 15.2 Å². The highest BCUT2D eigenvalue weighted by Gasteiger charge is 2.05. The fraction of sp³-hybridized carbons (Fsp3) is 0.0667. The summed E-state index contributed by atoms with van der Waals surface area (Å²) in [5.41, 5.74) is 1.05. The molecule has 0 fully saturated rings. The molecule has 108 valence electrons. The van der Waals surface area contributed by atoms with Crippen molar-refractivity contribution in [3.63, 3.8) is 0 Å². The van der Waals surface area contributed by atoms with E-state index in [0.717, 1.165) is 8.66 Å². The van der Waals surface area contributed by atoms with Crippen molar-refractivity contribution in [2.45, 2.75) is 0 Å². The molecule has 1 N–H and O–H groups in total. The lowest BCUT2D eigenvalue weighted by molar-refractivity contribution is -0.111. The van der Waals surface area contributed by atoms with Crippen molar-refractivity contribution in [3.05, 3.63) is 56.7 Å². The van der Waals surface area contributed by atoms with Crippen molar-refractivity contribution >= 4 is 50.9 Å². The first-order chi connectivity index (χ1) is 10.1. The van der Waals surface area contributed by atoms with Gasteiger partial charge in [-0.05, 0) is 58.4 Å². The van der Waals surface area contributed by atoms with Crippen molar-refractivity contribution in [1.29, 1.82) is 0 Å². The summed E-state index contributed by atoms with van der Waals surface area (Å²) in [5.74, 6) is -0.638. The molecule has 0 radical (unpaired) electrons. The van der Waals surface area contributed by atoms with E-state index in [4.69, 9.17) is 0 Å².